The van der Waals surface area contributed by atoms with Crippen molar-refractivity contribution in [3.63, 3.8) is 0 Å². The molecule has 11 aromatic carbocycles. The van der Waals surface area contributed by atoms with Crippen LogP contribution in [0.3, 0.4) is 0 Å². The Morgan fingerprint density at radius 2 is 0.796 bits per heavy atom. The minimum absolute atomic E-state index is 0.00960. The second kappa shape index (κ2) is 39.9. The Morgan fingerprint density at radius 3 is 1.31 bits per heavy atom. The molecule has 0 aliphatic carbocycles. The molecule has 0 radical (unpaired) electrons. The molecule has 6 N–H and O–H groups in total. The Hall–Kier alpha value is -12.8. The van der Waals surface area contributed by atoms with Gasteiger partial charge in [0.1, 0.15) is 23.1 Å². The number of aliphatic carboxylic acids is 6. The van der Waals surface area contributed by atoms with E-state index in [1.54, 1.807) is 157 Å². The van der Waals surface area contributed by atoms with Crippen LogP contribution in [0.15, 0.2) is 267 Å². The third kappa shape index (κ3) is 23.6. The van der Waals surface area contributed by atoms with Gasteiger partial charge in [0.2, 0.25) is 0 Å². The number of carbonyl (C=O) groups excluding carboxylic acids is 2. The van der Waals surface area contributed by atoms with E-state index in [9.17, 15) is 42.7 Å². The molecule has 1 heterocycles. The summed E-state index contributed by atoms with van der Waals surface area (Å²) in [6, 6.07) is 80.0. The number of ketones is 1. The van der Waals surface area contributed by atoms with Gasteiger partial charge in [-0.05, 0) is 181 Å². The average molecular weight is 1460 g/mol. The molecule has 0 saturated heterocycles. The number of hydrogen-bond donors (Lipinski definition) is 6. The van der Waals surface area contributed by atoms with Crippen molar-refractivity contribution < 1.29 is 82.9 Å². The molecule has 0 bridgehead atoms. The predicted molar refractivity (Wildman–Crippen MR) is 416 cm³/mol. The van der Waals surface area contributed by atoms with E-state index in [1.165, 1.54) is 11.6 Å². The fourth-order valence-electron chi connectivity index (χ4n) is 11.1. The lowest BCUT2D eigenvalue weighted by Gasteiger charge is -2.16. The van der Waals surface area contributed by atoms with Crippen LogP contribution in [0.2, 0.25) is 0 Å². The summed E-state index contributed by atoms with van der Waals surface area (Å²) in [5.41, 5.74) is 10.4. The van der Waals surface area contributed by atoms with E-state index >= 15 is 0 Å². The van der Waals surface area contributed by atoms with Crippen molar-refractivity contribution >= 4 is 64.0 Å². The molecule has 0 fully saturated rings. The minimum Gasteiger partial charge on any atom is -0.497 e. The van der Waals surface area contributed by atoms with Crippen molar-refractivity contribution in [3.05, 3.63) is 334 Å². The summed E-state index contributed by atoms with van der Waals surface area (Å²) < 4.78 is 24.8. The average Bonchev–Trinajstić information content (AvgIpc) is 1.54. The quantitative estimate of drug-likeness (QED) is 0.0365. The van der Waals surface area contributed by atoms with E-state index in [1.807, 2.05) is 158 Å². The second-order valence-corrected chi connectivity index (χ2v) is 26.2. The molecule has 11 aromatic rings. The Kier molecular flexibility index (Phi) is 30.4. The normalized spacial score (nSPS) is 12.7. The van der Waals surface area contributed by atoms with Crippen LogP contribution in [0, 0.1) is 11.7 Å². The topological polar surface area (TPSA) is 280 Å². The number of hydrogen-bond acceptors (Lipinski definition) is 10. The fourth-order valence-corrected chi connectivity index (χ4v) is 11.1. The predicted octanol–water partition coefficient (Wildman–Crippen LogP) is 19.6. The molecule has 0 spiro atoms. The first-order valence-corrected chi connectivity index (χ1v) is 35.0. The van der Waals surface area contributed by atoms with Crippen molar-refractivity contribution in [2.24, 2.45) is 5.92 Å². The van der Waals surface area contributed by atoms with E-state index in [4.69, 9.17) is 40.1 Å². The first-order valence-electron chi connectivity index (χ1n) is 35.0. The van der Waals surface area contributed by atoms with Gasteiger partial charge < -0.3 is 45.0 Å². The maximum Gasteiger partial charge on any atom is 0.310 e. The van der Waals surface area contributed by atoms with Gasteiger partial charge in [-0.3, -0.25) is 38.4 Å². The Balaban J connectivity index is 0.000000181. The Bertz CT molecular complexity index is 4870. The molecule has 6 unspecified atom stereocenters. The van der Waals surface area contributed by atoms with Crippen molar-refractivity contribution in [1.29, 1.82) is 0 Å². The highest BCUT2D eigenvalue weighted by Gasteiger charge is 2.28. The number of rotatable bonds is 21. The van der Waals surface area contributed by atoms with Crippen LogP contribution >= 0.6 is 0 Å². The van der Waals surface area contributed by atoms with Gasteiger partial charge in [-0.25, -0.2) is 4.39 Å². The molecule has 12 rings (SSSR count). The highest BCUT2D eigenvalue weighted by Crippen LogP contribution is 2.32. The molecule has 1 aliphatic rings. The maximum absolute atomic E-state index is 14.0. The van der Waals surface area contributed by atoms with E-state index < -0.39 is 77.1 Å². The first kappa shape index (κ1) is 82.5. The van der Waals surface area contributed by atoms with Crippen LogP contribution in [0.1, 0.15) is 162 Å². The number of carboxylic acid groups (broad SMARTS) is 6. The fraction of sp³-hybridized carbons (Fsp3) is 0.200. The van der Waals surface area contributed by atoms with Crippen molar-refractivity contribution in [2.45, 2.75) is 104 Å². The number of carbonyl (C=O) groups is 8. The zero-order valence-corrected chi connectivity index (χ0v) is 61.5. The summed E-state index contributed by atoms with van der Waals surface area (Å²) in [6.07, 6.45) is 1.04. The summed E-state index contributed by atoms with van der Waals surface area (Å²) in [4.78, 5) is 91.7. The van der Waals surface area contributed by atoms with E-state index in [0.717, 1.165) is 73.3 Å². The number of anilines is 1. The van der Waals surface area contributed by atoms with Gasteiger partial charge in [-0.2, -0.15) is 0 Å². The lowest BCUT2D eigenvalue weighted by molar-refractivity contribution is -0.139. The number of methoxy groups -OCH3 is 1. The highest BCUT2D eigenvalue weighted by molar-refractivity contribution is 6.10. The molecule has 17 nitrogen and oxygen atoms in total. The maximum atomic E-state index is 14.0. The molecule has 6 atom stereocenters. The highest BCUT2D eigenvalue weighted by atomic mass is 19.1. The van der Waals surface area contributed by atoms with Crippen molar-refractivity contribution in [3.8, 4) is 28.4 Å². The standard InChI is InChI=1S/C17H15NO3.C16H14O3.C15H13FO2.C15H14O3.C14H14O3.C13H18O2/c1-11(17(20)21)12-6-8-14(9-7-12)18-10-13-4-2-3-5-15(13)16(18)19;1-11(16(18)19)13-8-5-9-14(10-13)15(17)12-6-3-2-4-7-12;1-10(15(17)18)12-7-8-13(14(16)9-12)11-5-3-2-4-6-11;1-11(15(16)17)12-6-5-9-14(10-12)18-13-7-3-2-4-8-13;1-9(14(15)16)10-3-4-12-8-13(17-2)6-5-11(12)7-10;1-9(2)8-11-4-6-12(7-5-11)10(3)13(14)15/h2-9,11H,10H2,1H3,(H,20,21);2-11H,1H3,(H,18,19);2-10H,1H3,(H,17,18);2-11H,1H3,(H,16,17);3-9H,1-2H3,(H,15,16);4-7,9-10H,8H2,1-3H3,(H,14,15). The number of benzene rings is 11. The third-order valence-corrected chi connectivity index (χ3v) is 18.0. The van der Waals surface area contributed by atoms with Gasteiger partial charge in [0.15, 0.2) is 5.78 Å². The first-order chi connectivity index (χ1) is 51.5. The molecular formula is C90H88FNO16. The molecule has 1 amide bonds. The summed E-state index contributed by atoms with van der Waals surface area (Å²) in [6.45, 7) is 14.8. The van der Waals surface area contributed by atoms with Crippen LogP contribution in [-0.4, -0.2) is 85.3 Å². The van der Waals surface area contributed by atoms with Crippen molar-refractivity contribution in [2.75, 3.05) is 12.0 Å². The van der Waals surface area contributed by atoms with Crippen molar-refractivity contribution in [1.82, 2.24) is 0 Å². The van der Waals surface area contributed by atoms with Crippen LogP contribution in [0.5, 0.6) is 17.2 Å². The summed E-state index contributed by atoms with van der Waals surface area (Å²) in [5, 5.41) is 55.8. The smallest absolute Gasteiger partial charge is 0.310 e. The van der Waals surface area contributed by atoms with Gasteiger partial charge >= 0.3 is 35.8 Å². The number of nitrogens with zero attached hydrogens (tertiary/aromatic N) is 1. The molecular weight excluding hydrogens is 1370 g/mol. The molecule has 18 heteroatoms. The van der Waals surface area contributed by atoms with Crippen LogP contribution < -0.4 is 14.4 Å². The summed E-state index contributed by atoms with van der Waals surface area (Å²) in [7, 11) is 1.63. The lowest BCUT2D eigenvalue weighted by Crippen LogP contribution is -2.23. The summed E-state index contributed by atoms with van der Waals surface area (Å²) >= 11 is 0. The van der Waals surface area contributed by atoms with E-state index in [2.05, 4.69) is 13.8 Å². The van der Waals surface area contributed by atoms with Gasteiger partial charge in [0, 0.05) is 27.9 Å². The largest absolute Gasteiger partial charge is 0.497 e. The number of amides is 1. The molecule has 1 aliphatic heterocycles. The molecule has 556 valence electrons. The van der Waals surface area contributed by atoms with Gasteiger partial charge in [-0.1, -0.05) is 214 Å². The molecule has 108 heavy (non-hydrogen) atoms. The number of halogens is 1. The third-order valence-electron chi connectivity index (χ3n) is 18.0. The molecule has 0 aromatic heterocycles. The minimum atomic E-state index is -0.957. The van der Waals surface area contributed by atoms with E-state index in [-0.39, 0.29) is 11.7 Å². The Labute approximate surface area is 627 Å². The van der Waals surface area contributed by atoms with Gasteiger partial charge in [-0.15, -0.1) is 0 Å². The number of ether oxygens (including phenoxy) is 2. The second-order valence-electron chi connectivity index (χ2n) is 26.2. The SMILES string of the molecule is CC(C(=O)O)c1ccc(-c2ccccc2)c(F)c1.CC(C(=O)O)c1ccc(N2Cc3ccccc3C2=O)cc1.CC(C(=O)O)c1cccc(C(=O)c2ccccc2)c1.CC(C(=O)O)c1cccc(Oc2ccccc2)c1.CC(C)Cc1ccc(C(C)C(=O)O)cc1.COc1ccc2cc(C(C)C(=O)O)ccc2c1. The number of para-hydroxylation sites is 1. The zero-order chi connectivity index (χ0) is 78.7. The van der Waals surface area contributed by atoms with Gasteiger partial charge in [0.05, 0.1) is 49.2 Å². The number of fused-ring (bicyclic) bond motifs is 2. The van der Waals surface area contributed by atoms with Crippen LogP contribution in [-0.2, 0) is 41.7 Å². The van der Waals surface area contributed by atoms with E-state index in [0.29, 0.717) is 46.0 Å². The monoisotopic (exact) mass is 1460 g/mol. The lowest BCUT2D eigenvalue weighted by atomic mass is 9.96. The molecule has 0 saturated carbocycles. The van der Waals surface area contributed by atoms with Gasteiger partial charge in [0.25, 0.3) is 5.91 Å². The Morgan fingerprint density at radius 1 is 0.380 bits per heavy atom. The van der Waals surface area contributed by atoms with Crippen LogP contribution in [0.25, 0.3) is 21.9 Å². The van der Waals surface area contributed by atoms with Crippen LogP contribution in [0.4, 0.5) is 10.1 Å². The summed E-state index contributed by atoms with van der Waals surface area (Å²) in [5.74, 6) is -6.14. The zero-order valence-electron chi connectivity index (χ0n) is 61.5. The number of carboxylic acids is 6.